The molecule has 1 saturated heterocycles. The molecule has 1 aliphatic heterocycles. The lowest BCUT2D eigenvalue weighted by Gasteiger charge is -2.24. The summed E-state index contributed by atoms with van der Waals surface area (Å²) in [6.07, 6.45) is 2.90. The largest absolute Gasteiger partial charge is 0.468 e. The number of hydrogen-bond donors (Lipinski definition) is 1. The molecular formula is C21H31IN4O. The summed E-state index contributed by atoms with van der Waals surface area (Å²) in [5, 5.41) is 3.46. The summed E-state index contributed by atoms with van der Waals surface area (Å²) in [5.41, 5.74) is 1.42. The monoisotopic (exact) mass is 482 g/mol. The summed E-state index contributed by atoms with van der Waals surface area (Å²) in [5.74, 6) is 2.54. The Kier molecular flexibility index (Phi) is 8.63. The number of guanidine groups is 1. The van der Waals surface area contributed by atoms with Crippen molar-refractivity contribution in [1.82, 2.24) is 15.1 Å². The zero-order valence-electron chi connectivity index (χ0n) is 16.5. The van der Waals surface area contributed by atoms with Crippen molar-refractivity contribution < 1.29 is 4.42 Å². The third-order valence-electron chi connectivity index (χ3n) is 5.00. The van der Waals surface area contributed by atoms with Crippen molar-refractivity contribution in [3.63, 3.8) is 0 Å². The van der Waals surface area contributed by atoms with Crippen LogP contribution in [0.1, 0.15) is 36.6 Å². The minimum Gasteiger partial charge on any atom is -0.468 e. The van der Waals surface area contributed by atoms with Gasteiger partial charge in [0.1, 0.15) is 5.76 Å². The second-order valence-electron chi connectivity index (χ2n) is 7.03. The molecule has 0 spiro atoms. The molecule has 0 amide bonds. The van der Waals surface area contributed by atoms with E-state index in [1.165, 1.54) is 12.0 Å². The lowest BCUT2D eigenvalue weighted by atomic mass is 9.99. The van der Waals surface area contributed by atoms with Crippen LogP contribution >= 0.6 is 24.0 Å². The van der Waals surface area contributed by atoms with E-state index in [9.17, 15) is 0 Å². The van der Waals surface area contributed by atoms with Gasteiger partial charge in [0.25, 0.3) is 0 Å². The van der Waals surface area contributed by atoms with Crippen molar-refractivity contribution in [3.05, 3.63) is 60.1 Å². The molecule has 0 saturated carbocycles. The number of rotatable bonds is 6. The summed E-state index contributed by atoms with van der Waals surface area (Å²) in [6, 6.07) is 14.9. The Morgan fingerprint density at radius 1 is 1.26 bits per heavy atom. The van der Waals surface area contributed by atoms with Crippen LogP contribution < -0.4 is 5.32 Å². The van der Waals surface area contributed by atoms with Gasteiger partial charge in [-0.25, -0.2) is 0 Å². The molecular weight excluding hydrogens is 451 g/mol. The number of likely N-dealkylation sites (N-methyl/N-ethyl adjacent to an activating group) is 1. The SMILES string of the molecule is CCNC(=NCC(c1ccco1)N(C)C)N1CCC(c2ccccc2)C1.I. The fraction of sp³-hybridized carbons (Fsp3) is 0.476. The van der Waals surface area contributed by atoms with E-state index in [0.29, 0.717) is 12.5 Å². The Morgan fingerprint density at radius 2 is 2.04 bits per heavy atom. The van der Waals surface area contributed by atoms with Gasteiger partial charge in [-0.1, -0.05) is 30.3 Å². The van der Waals surface area contributed by atoms with E-state index in [0.717, 1.165) is 31.4 Å². The van der Waals surface area contributed by atoms with Crippen molar-refractivity contribution in [2.45, 2.75) is 25.3 Å². The number of hydrogen-bond acceptors (Lipinski definition) is 3. The van der Waals surface area contributed by atoms with Gasteiger partial charge in [-0.2, -0.15) is 0 Å². The normalized spacial score (nSPS) is 18.4. The maximum absolute atomic E-state index is 5.60. The van der Waals surface area contributed by atoms with Crippen LogP contribution in [-0.4, -0.2) is 56.0 Å². The summed E-state index contributed by atoms with van der Waals surface area (Å²) in [4.78, 5) is 9.47. The topological polar surface area (TPSA) is 44.0 Å². The van der Waals surface area contributed by atoms with Gasteiger partial charge in [-0.15, -0.1) is 24.0 Å². The van der Waals surface area contributed by atoms with E-state index in [1.54, 1.807) is 6.26 Å². The van der Waals surface area contributed by atoms with E-state index in [2.05, 4.69) is 66.5 Å². The lowest BCUT2D eigenvalue weighted by Crippen LogP contribution is -2.40. The van der Waals surface area contributed by atoms with Crippen LogP contribution in [0.2, 0.25) is 0 Å². The highest BCUT2D eigenvalue weighted by atomic mass is 127. The summed E-state index contributed by atoms with van der Waals surface area (Å²) < 4.78 is 5.60. The third-order valence-corrected chi connectivity index (χ3v) is 5.00. The Balaban J connectivity index is 0.00000261. The Morgan fingerprint density at radius 3 is 2.67 bits per heavy atom. The van der Waals surface area contributed by atoms with E-state index in [-0.39, 0.29) is 30.0 Å². The molecule has 1 fully saturated rings. The fourth-order valence-corrected chi connectivity index (χ4v) is 3.54. The maximum atomic E-state index is 5.60. The first-order valence-corrected chi connectivity index (χ1v) is 9.47. The Bertz CT molecular complexity index is 687. The highest BCUT2D eigenvalue weighted by Crippen LogP contribution is 2.27. The van der Waals surface area contributed by atoms with Crippen LogP contribution in [0.25, 0.3) is 0 Å². The molecule has 5 nitrogen and oxygen atoms in total. The van der Waals surface area contributed by atoms with Crippen molar-refractivity contribution in [2.24, 2.45) is 4.99 Å². The average Bonchev–Trinajstić information content (AvgIpc) is 3.34. The van der Waals surface area contributed by atoms with Gasteiger partial charge in [-0.3, -0.25) is 9.89 Å². The predicted octanol–water partition coefficient (Wildman–Crippen LogP) is 3.96. The highest BCUT2D eigenvalue weighted by Gasteiger charge is 2.26. The van der Waals surface area contributed by atoms with Crippen LogP contribution in [-0.2, 0) is 0 Å². The van der Waals surface area contributed by atoms with Gasteiger partial charge in [-0.05, 0) is 45.1 Å². The zero-order chi connectivity index (χ0) is 18.4. The van der Waals surface area contributed by atoms with Crippen LogP contribution in [0.4, 0.5) is 0 Å². The van der Waals surface area contributed by atoms with Gasteiger partial charge >= 0.3 is 0 Å². The standard InChI is InChI=1S/C21H30N4O.HI/c1-4-22-21(23-15-19(24(2)3)20-11-8-14-26-20)25-13-12-18(16-25)17-9-6-5-7-10-17;/h5-11,14,18-19H,4,12-13,15-16H2,1-3H3,(H,22,23);1H. The number of likely N-dealkylation sites (tertiary alicyclic amines) is 1. The Hall–Kier alpha value is -1.54. The van der Waals surface area contributed by atoms with E-state index in [1.807, 2.05) is 12.1 Å². The van der Waals surface area contributed by atoms with Crippen LogP contribution in [0.3, 0.4) is 0 Å². The lowest BCUT2D eigenvalue weighted by molar-refractivity contribution is 0.264. The number of furan rings is 1. The van der Waals surface area contributed by atoms with Gasteiger partial charge in [0.2, 0.25) is 0 Å². The quantitative estimate of drug-likeness (QED) is 0.385. The molecule has 1 aromatic carbocycles. The molecule has 1 aliphatic rings. The van der Waals surface area contributed by atoms with Crippen LogP contribution in [0.5, 0.6) is 0 Å². The van der Waals surface area contributed by atoms with Crippen molar-refractivity contribution in [1.29, 1.82) is 0 Å². The molecule has 0 radical (unpaired) electrons. The summed E-state index contributed by atoms with van der Waals surface area (Å²) in [6.45, 7) is 5.73. The molecule has 27 heavy (non-hydrogen) atoms. The third kappa shape index (κ3) is 5.72. The molecule has 6 heteroatoms. The fourth-order valence-electron chi connectivity index (χ4n) is 3.54. The first-order valence-electron chi connectivity index (χ1n) is 9.47. The van der Waals surface area contributed by atoms with Gasteiger partial charge in [0.15, 0.2) is 5.96 Å². The van der Waals surface area contributed by atoms with Gasteiger partial charge < -0.3 is 14.6 Å². The number of aliphatic imine (C=N–C) groups is 1. The molecule has 0 aliphatic carbocycles. The van der Waals surface area contributed by atoms with Gasteiger partial charge in [0.05, 0.1) is 18.8 Å². The zero-order valence-corrected chi connectivity index (χ0v) is 18.8. The minimum absolute atomic E-state index is 0. The first kappa shape index (κ1) is 21.8. The molecule has 2 heterocycles. The van der Waals surface area contributed by atoms with Gasteiger partial charge in [0, 0.05) is 25.6 Å². The molecule has 1 aromatic heterocycles. The van der Waals surface area contributed by atoms with E-state index < -0.39 is 0 Å². The molecule has 2 atom stereocenters. The number of benzene rings is 1. The minimum atomic E-state index is 0. The molecule has 2 unspecified atom stereocenters. The number of halogens is 1. The van der Waals surface area contributed by atoms with Crippen molar-refractivity contribution in [3.8, 4) is 0 Å². The van der Waals surface area contributed by atoms with Crippen LogP contribution in [0, 0.1) is 0 Å². The molecule has 0 bridgehead atoms. The molecule has 2 aromatic rings. The number of nitrogens with zero attached hydrogens (tertiary/aromatic N) is 3. The molecule has 1 N–H and O–H groups in total. The van der Waals surface area contributed by atoms with Crippen molar-refractivity contribution in [2.75, 3.05) is 40.3 Å². The molecule has 3 rings (SSSR count). The number of nitrogens with one attached hydrogen (secondary N) is 1. The summed E-state index contributed by atoms with van der Waals surface area (Å²) >= 11 is 0. The second kappa shape index (κ2) is 10.7. The maximum Gasteiger partial charge on any atom is 0.194 e. The average molecular weight is 482 g/mol. The molecule has 148 valence electrons. The van der Waals surface area contributed by atoms with E-state index >= 15 is 0 Å². The van der Waals surface area contributed by atoms with E-state index in [4.69, 9.17) is 9.41 Å². The highest BCUT2D eigenvalue weighted by molar-refractivity contribution is 14.0. The summed E-state index contributed by atoms with van der Waals surface area (Å²) in [7, 11) is 4.13. The second-order valence-corrected chi connectivity index (χ2v) is 7.03. The first-order chi connectivity index (χ1) is 12.7. The Labute approximate surface area is 179 Å². The van der Waals surface area contributed by atoms with Crippen LogP contribution in [0.15, 0.2) is 58.1 Å². The smallest absolute Gasteiger partial charge is 0.194 e. The predicted molar refractivity (Wildman–Crippen MR) is 122 cm³/mol. The van der Waals surface area contributed by atoms with Crippen molar-refractivity contribution >= 4 is 29.9 Å².